The molecule has 2 aromatic heterocycles. The number of likely N-dealkylation sites (tertiary alicyclic amines) is 1. The van der Waals surface area contributed by atoms with Crippen molar-refractivity contribution >= 4 is 87.5 Å². The van der Waals surface area contributed by atoms with E-state index in [1.165, 1.54) is 9.13 Å². The number of carboxylic acid groups (broad SMARTS) is 2. The average molecular weight is 1020 g/mol. The van der Waals surface area contributed by atoms with Gasteiger partial charge in [0.1, 0.15) is 11.1 Å². The lowest BCUT2D eigenvalue weighted by molar-refractivity contribution is -0.139. The van der Waals surface area contributed by atoms with Gasteiger partial charge in [-0.2, -0.15) is 0 Å². The second-order valence-electron chi connectivity index (χ2n) is 18.6. The van der Waals surface area contributed by atoms with Gasteiger partial charge in [0.2, 0.25) is 18.2 Å². The van der Waals surface area contributed by atoms with Gasteiger partial charge in [0.15, 0.2) is 17.2 Å². The summed E-state index contributed by atoms with van der Waals surface area (Å²) in [6.07, 6.45) is 3.23. The molecule has 5 N–H and O–H groups in total. The van der Waals surface area contributed by atoms with Gasteiger partial charge in [-0.15, -0.1) is 11.3 Å². The summed E-state index contributed by atoms with van der Waals surface area (Å²) in [5.74, 6) is -6.44. The molecule has 3 aliphatic heterocycles. The number of ether oxygens (including phenoxy) is 1. The minimum absolute atomic E-state index is 0.0688. The van der Waals surface area contributed by atoms with Crippen LogP contribution in [0.2, 0.25) is 5.02 Å². The Bertz CT molecular complexity index is 2850. The average Bonchev–Trinajstić information content (AvgIpc) is 3.77. The number of aliphatic carboxylic acids is 1. The first-order valence-corrected chi connectivity index (χ1v) is 24.9. The van der Waals surface area contributed by atoms with E-state index in [9.17, 15) is 42.7 Å². The van der Waals surface area contributed by atoms with Crippen molar-refractivity contribution in [1.29, 1.82) is 0 Å². The molecule has 5 heterocycles. The number of carboxylic acids is 2. The standard InChI is InChI=1S/C28H30ClN3O6S2.C21H26F2N4O3/c1-28(2)13-21(9-10-32(28)39-15-17-5-3-7-19(11-17)30-16-33)31-20-8-4-6-18(12-20)25-23(29)24(38-14-22(34)35)26(40-25)27(36)37;1-12(2)26-17-10-13(14-8-9-25(3)11-21(14,22)23)4-5-15(17)27(20(26)30)16-6-7-18(28)24-19(16)29/h3-8,11-12,16,21,31H,9-10,13-15H2,1-2H3,(H,30,33)(H,34,35)(H,36,37);4-5,10,12,14,16H,6-9,11H2,1-3H3,(H,24,28,29). The van der Waals surface area contributed by atoms with Crippen LogP contribution in [0.5, 0.6) is 5.75 Å². The summed E-state index contributed by atoms with van der Waals surface area (Å²) >= 11 is 9.21. The smallest absolute Gasteiger partial charge is 0.349 e. The monoisotopic (exact) mass is 1020 g/mol. The minimum atomic E-state index is -2.87. The number of piperidine rings is 3. The number of rotatable bonds is 15. The van der Waals surface area contributed by atoms with Crippen LogP contribution >= 0.6 is 34.9 Å². The number of benzene rings is 3. The molecule has 3 aromatic carbocycles. The van der Waals surface area contributed by atoms with Gasteiger partial charge in [-0.05, 0) is 120 Å². The van der Waals surface area contributed by atoms with Crippen molar-refractivity contribution in [2.45, 2.75) is 101 Å². The van der Waals surface area contributed by atoms with Gasteiger partial charge in [0.05, 0.1) is 28.4 Å². The van der Waals surface area contributed by atoms with Gasteiger partial charge >= 0.3 is 17.6 Å². The van der Waals surface area contributed by atoms with Crippen molar-refractivity contribution < 1.29 is 47.7 Å². The van der Waals surface area contributed by atoms with Crippen LogP contribution in [0.15, 0.2) is 71.5 Å². The van der Waals surface area contributed by atoms with E-state index in [0.717, 1.165) is 53.4 Å². The van der Waals surface area contributed by atoms with E-state index in [-0.39, 0.29) is 64.3 Å². The Morgan fingerprint density at radius 2 is 1.74 bits per heavy atom. The number of nitrogens with zero attached hydrogens (tertiary/aromatic N) is 4. The van der Waals surface area contributed by atoms with Gasteiger partial charge in [-0.3, -0.25) is 28.8 Å². The molecule has 374 valence electrons. The Morgan fingerprint density at radius 3 is 2.41 bits per heavy atom. The maximum absolute atomic E-state index is 14.7. The van der Waals surface area contributed by atoms with Gasteiger partial charge in [-0.25, -0.2) is 27.5 Å². The molecule has 0 aliphatic carbocycles. The second-order valence-corrected chi connectivity index (χ2v) is 21.0. The summed E-state index contributed by atoms with van der Waals surface area (Å²) in [5.41, 5.74) is 4.62. The van der Waals surface area contributed by atoms with Crippen LogP contribution in [0.25, 0.3) is 21.5 Å². The molecular weight excluding hydrogens is 968 g/mol. The fourth-order valence-corrected chi connectivity index (χ4v) is 12.0. The van der Waals surface area contributed by atoms with Crippen LogP contribution in [0.4, 0.5) is 20.2 Å². The molecule has 3 atom stereocenters. The molecular formula is C49H56ClF2N7O9S2. The Morgan fingerprint density at radius 1 is 1.00 bits per heavy atom. The van der Waals surface area contributed by atoms with Crippen molar-refractivity contribution in [2.24, 2.45) is 0 Å². The number of imide groups is 1. The van der Waals surface area contributed by atoms with Crippen LogP contribution < -0.4 is 26.4 Å². The highest BCUT2D eigenvalue weighted by Gasteiger charge is 2.45. The summed E-state index contributed by atoms with van der Waals surface area (Å²) in [6, 6.07) is 19.6. The first-order valence-electron chi connectivity index (χ1n) is 22.8. The van der Waals surface area contributed by atoms with Crippen LogP contribution in [0.3, 0.4) is 0 Å². The lowest BCUT2D eigenvalue weighted by Crippen LogP contribution is -2.49. The van der Waals surface area contributed by atoms with Gasteiger partial charge in [-0.1, -0.05) is 53.9 Å². The Labute approximate surface area is 416 Å². The number of fused-ring (bicyclic) bond motifs is 1. The van der Waals surface area contributed by atoms with Crippen molar-refractivity contribution in [2.75, 3.05) is 43.9 Å². The number of hydrogen-bond acceptors (Lipinski definition) is 12. The third-order valence-electron chi connectivity index (χ3n) is 12.6. The molecule has 21 heteroatoms. The SMILES string of the molecule is CC(C)n1c(=O)n(C2CCC(=O)NC2=O)c2ccc(C3CCN(C)CC3(F)F)cc21.CC1(C)CC(Nc2cccc(-c3sc(C(=O)O)c(OCC(=O)O)c3Cl)c2)CCN1SCc1cccc(NC=O)c1. The normalized spacial score (nSPS) is 20.3. The number of aromatic nitrogens is 2. The molecule has 8 rings (SSSR count). The number of anilines is 2. The van der Waals surface area contributed by atoms with Crippen molar-refractivity contribution in [3.63, 3.8) is 0 Å². The highest BCUT2D eigenvalue weighted by Crippen LogP contribution is 2.46. The lowest BCUT2D eigenvalue weighted by atomic mass is 9.86. The number of halogens is 3. The van der Waals surface area contributed by atoms with E-state index >= 15 is 0 Å². The van der Waals surface area contributed by atoms with E-state index in [4.69, 9.17) is 21.4 Å². The lowest BCUT2D eigenvalue weighted by Gasteiger charge is -2.45. The second kappa shape index (κ2) is 21.7. The molecule has 70 heavy (non-hydrogen) atoms. The van der Waals surface area contributed by atoms with Crippen molar-refractivity contribution in [3.05, 3.63) is 98.2 Å². The molecule has 0 bridgehead atoms. The maximum atomic E-state index is 14.7. The molecule has 3 saturated heterocycles. The number of carbonyl (C=O) groups is 5. The summed E-state index contributed by atoms with van der Waals surface area (Å²) in [6.45, 7) is 8.62. The highest BCUT2D eigenvalue weighted by molar-refractivity contribution is 7.96. The van der Waals surface area contributed by atoms with Crippen LogP contribution in [-0.2, 0) is 24.9 Å². The van der Waals surface area contributed by atoms with E-state index < -0.39 is 42.3 Å². The van der Waals surface area contributed by atoms with Gasteiger partial charge in [0.25, 0.3) is 5.92 Å². The van der Waals surface area contributed by atoms with Gasteiger partial charge < -0.3 is 30.5 Å². The summed E-state index contributed by atoms with van der Waals surface area (Å²) in [4.78, 5) is 72.6. The van der Waals surface area contributed by atoms with Gasteiger partial charge in [0, 0.05) is 47.7 Å². The fraction of sp³-hybridized carbons (Fsp3) is 0.429. The zero-order valence-corrected chi connectivity index (χ0v) is 41.7. The van der Waals surface area contributed by atoms with E-state index in [1.54, 1.807) is 42.1 Å². The Kier molecular flexibility index (Phi) is 16.1. The quantitative estimate of drug-likeness (QED) is 0.0379. The summed E-state index contributed by atoms with van der Waals surface area (Å²) in [5, 5.41) is 27.2. The number of hydrogen-bond donors (Lipinski definition) is 5. The first kappa shape index (κ1) is 52.0. The summed E-state index contributed by atoms with van der Waals surface area (Å²) < 4.78 is 40.0. The van der Waals surface area contributed by atoms with E-state index in [0.29, 0.717) is 46.4 Å². The Hall–Kier alpha value is -5.80. The fourth-order valence-electron chi connectivity index (χ4n) is 9.41. The van der Waals surface area contributed by atoms with Crippen molar-refractivity contribution in [3.8, 4) is 16.2 Å². The number of amides is 3. The topological polar surface area (TPSA) is 205 Å². The zero-order chi connectivity index (χ0) is 50.7. The minimum Gasteiger partial charge on any atom is -0.479 e. The number of aromatic carboxylic acids is 1. The van der Waals surface area contributed by atoms with Crippen molar-refractivity contribution in [1.82, 2.24) is 23.7 Å². The molecule has 3 amide bonds. The molecule has 0 radical (unpaired) electrons. The Balaban J connectivity index is 0.000000215. The number of alkyl halides is 2. The number of nitrogens with one attached hydrogen (secondary N) is 3. The number of imidazole rings is 1. The maximum Gasteiger partial charge on any atom is 0.349 e. The summed E-state index contributed by atoms with van der Waals surface area (Å²) in [7, 11) is 1.68. The number of thiophene rings is 1. The highest BCUT2D eigenvalue weighted by atomic mass is 35.5. The molecule has 16 nitrogen and oxygen atoms in total. The molecule has 3 unspecified atom stereocenters. The molecule has 3 fully saturated rings. The van der Waals surface area contributed by atoms with E-state index in [1.807, 2.05) is 56.3 Å². The van der Waals surface area contributed by atoms with E-state index in [2.05, 4.69) is 40.2 Å². The predicted octanol–water partition coefficient (Wildman–Crippen LogP) is 8.72. The predicted molar refractivity (Wildman–Crippen MR) is 268 cm³/mol. The van der Waals surface area contributed by atoms with Crippen LogP contribution in [0, 0.1) is 0 Å². The zero-order valence-electron chi connectivity index (χ0n) is 39.3. The number of carbonyl (C=O) groups excluding carboxylic acids is 3. The van der Waals surface area contributed by atoms with Crippen LogP contribution in [0.1, 0.15) is 98.6 Å². The third-order valence-corrected chi connectivity index (χ3v) is 15.8. The molecule has 3 aliphatic rings. The first-order chi connectivity index (χ1) is 33.2. The third kappa shape index (κ3) is 11.7. The largest absolute Gasteiger partial charge is 0.479 e. The molecule has 0 spiro atoms. The molecule has 0 saturated carbocycles. The molecule has 5 aromatic rings. The van der Waals surface area contributed by atoms with Crippen LogP contribution in [-0.4, -0.2) is 110 Å².